The van der Waals surface area contributed by atoms with E-state index in [1.807, 2.05) is 13.8 Å². The number of aliphatic imine (C=N–C) groups is 1. The van der Waals surface area contributed by atoms with Gasteiger partial charge in [-0.05, 0) is 13.8 Å². The van der Waals surface area contributed by atoms with E-state index in [-0.39, 0.29) is 0 Å². The molecule has 0 heterocycles. The molecule has 9 heavy (non-hydrogen) atoms. The second-order valence-electron chi connectivity index (χ2n) is 1.67. The Bertz CT molecular complexity index is 156. The summed E-state index contributed by atoms with van der Waals surface area (Å²) in [6.07, 6.45) is 3.35. The maximum atomic E-state index is 5.58. The molecular formula is C7H10ClN. The lowest BCUT2D eigenvalue weighted by atomic mass is 10.5. The van der Waals surface area contributed by atoms with E-state index in [0.29, 0.717) is 5.03 Å². The Hall–Kier alpha value is -0.560. The minimum atomic E-state index is 0.637. The first-order valence-corrected chi connectivity index (χ1v) is 3.06. The molecule has 0 saturated heterocycles. The summed E-state index contributed by atoms with van der Waals surface area (Å²) < 4.78 is 0. The molecule has 0 amide bonds. The van der Waals surface area contributed by atoms with Crippen LogP contribution in [-0.2, 0) is 0 Å². The van der Waals surface area contributed by atoms with Crippen LogP contribution in [-0.4, -0.2) is 6.21 Å². The highest BCUT2D eigenvalue weighted by Gasteiger charge is 1.79. The minimum Gasteiger partial charge on any atom is -0.261 e. The highest BCUT2D eigenvalue weighted by Crippen LogP contribution is 1.97. The monoisotopic (exact) mass is 143 g/mol. The Kier molecular flexibility index (Phi) is 4.06. The average Bonchev–Trinajstić information content (AvgIpc) is 1.83. The third-order valence-corrected chi connectivity index (χ3v) is 1.000. The van der Waals surface area contributed by atoms with Gasteiger partial charge in [-0.15, -0.1) is 0 Å². The molecule has 0 spiro atoms. The van der Waals surface area contributed by atoms with Crippen LogP contribution in [0.1, 0.15) is 13.8 Å². The van der Waals surface area contributed by atoms with E-state index < -0.39 is 0 Å². The lowest BCUT2D eigenvalue weighted by molar-refractivity contribution is 1.34. The van der Waals surface area contributed by atoms with Crippen LogP contribution in [0.15, 0.2) is 28.4 Å². The number of hydrogen-bond acceptors (Lipinski definition) is 1. The highest BCUT2D eigenvalue weighted by atomic mass is 35.5. The van der Waals surface area contributed by atoms with Crippen molar-refractivity contribution >= 4 is 17.8 Å². The first-order chi connectivity index (χ1) is 4.16. The number of nitrogens with zero attached hydrogens (tertiary/aromatic N) is 1. The summed E-state index contributed by atoms with van der Waals surface area (Å²) in [5, 5.41) is 0.637. The molecule has 2 heteroatoms. The first-order valence-electron chi connectivity index (χ1n) is 2.68. The van der Waals surface area contributed by atoms with Gasteiger partial charge in [0.15, 0.2) is 0 Å². The Labute approximate surface area is 60.7 Å². The number of halogens is 1. The summed E-state index contributed by atoms with van der Waals surface area (Å²) >= 11 is 5.58. The van der Waals surface area contributed by atoms with Gasteiger partial charge in [-0.1, -0.05) is 24.3 Å². The quantitative estimate of drug-likeness (QED) is 0.527. The second-order valence-corrected chi connectivity index (χ2v) is 2.10. The summed E-state index contributed by atoms with van der Waals surface area (Å²) in [4.78, 5) is 3.88. The molecular weight excluding hydrogens is 134 g/mol. The molecule has 0 radical (unpaired) electrons. The molecule has 50 valence electrons. The largest absolute Gasteiger partial charge is 0.261 e. The van der Waals surface area contributed by atoms with E-state index in [1.54, 1.807) is 12.3 Å². The Morgan fingerprint density at radius 2 is 2.22 bits per heavy atom. The van der Waals surface area contributed by atoms with Gasteiger partial charge in [0.1, 0.15) is 0 Å². The molecule has 0 aliphatic rings. The highest BCUT2D eigenvalue weighted by molar-refractivity contribution is 6.39. The third-order valence-electron chi connectivity index (χ3n) is 0.684. The van der Waals surface area contributed by atoms with Crippen molar-refractivity contribution in [2.24, 2.45) is 4.99 Å². The fourth-order valence-corrected chi connectivity index (χ4v) is 0.295. The van der Waals surface area contributed by atoms with Gasteiger partial charge in [0.2, 0.25) is 0 Å². The van der Waals surface area contributed by atoms with Crippen molar-refractivity contribution in [3.05, 3.63) is 23.4 Å². The predicted octanol–water partition coefficient (Wildman–Crippen LogP) is 2.73. The summed E-state index contributed by atoms with van der Waals surface area (Å²) in [7, 11) is 0. The van der Waals surface area contributed by atoms with Crippen LogP contribution in [0, 0.1) is 0 Å². The van der Waals surface area contributed by atoms with Crippen molar-refractivity contribution in [3.63, 3.8) is 0 Å². The van der Waals surface area contributed by atoms with Crippen molar-refractivity contribution in [1.29, 1.82) is 0 Å². The van der Waals surface area contributed by atoms with Gasteiger partial charge in [0.05, 0.1) is 5.03 Å². The van der Waals surface area contributed by atoms with Gasteiger partial charge in [0.25, 0.3) is 0 Å². The van der Waals surface area contributed by atoms with Crippen LogP contribution >= 0.6 is 11.6 Å². The van der Waals surface area contributed by atoms with Gasteiger partial charge in [0, 0.05) is 11.9 Å². The molecule has 0 fully saturated rings. The lowest BCUT2D eigenvalue weighted by Crippen LogP contribution is -1.72. The third kappa shape index (κ3) is 5.31. The maximum Gasteiger partial charge on any atom is 0.0546 e. The maximum absolute atomic E-state index is 5.58. The second kappa shape index (κ2) is 4.33. The van der Waals surface area contributed by atoms with Crippen molar-refractivity contribution in [2.75, 3.05) is 0 Å². The zero-order valence-corrected chi connectivity index (χ0v) is 6.44. The molecule has 0 saturated carbocycles. The van der Waals surface area contributed by atoms with Crippen molar-refractivity contribution in [2.45, 2.75) is 13.8 Å². The smallest absolute Gasteiger partial charge is 0.0546 e. The number of rotatable bonds is 2. The van der Waals surface area contributed by atoms with Crippen LogP contribution in [0.4, 0.5) is 0 Å². The predicted molar refractivity (Wildman–Crippen MR) is 42.9 cm³/mol. The molecule has 0 unspecified atom stereocenters. The molecule has 0 aliphatic carbocycles. The number of hydrogen-bond donors (Lipinski definition) is 0. The summed E-state index contributed by atoms with van der Waals surface area (Å²) in [5.41, 5.74) is 0.759. The van der Waals surface area contributed by atoms with E-state index in [2.05, 4.69) is 11.6 Å². The molecule has 0 rings (SSSR count). The van der Waals surface area contributed by atoms with Gasteiger partial charge in [-0.3, -0.25) is 4.99 Å². The van der Waals surface area contributed by atoms with Crippen LogP contribution in [0.25, 0.3) is 0 Å². The van der Waals surface area contributed by atoms with Crippen LogP contribution in [0.5, 0.6) is 0 Å². The van der Waals surface area contributed by atoms with E-state index in [1.165, 1.54) is 0 Å². The standard InChI is InChI=1S/C7H10ClN/c1-4-7(8)5-9-6(2)3/h4-5H,2H2,1,3H3/b7-4+,9-5?. The van der Waals surface area contributed by atoms with Gasteiger partial charge >= 0.3 is 0 Å². The van der Waals surface area contributed by atoms with Crippen molar-refractivity contribution in [1.82, 2.24) is 0 Å². The molecule has 0 aromatic carbocycles. The molecule has 0 atom stereocenters. The lowest BCUT2D eigenvalue weighted by Gasteiger charge is -1.84. The SMILES string of the molecule is C=C(C)N=C/C(Cl)=C\C. The normalized spacial score (nSPS) is 12.6. The Balaban J connectivity index is 3.86. The van der Waals surface area contributed by atoms with Crippen molar-refractivity contribution in [3.8, 4) is 0 Å². The summed E-state index contributed by atoms with van der Waals surface area (Å²) in [6.45, 7) is 7.25. The summed E-state index contributed by atoms with van der Waals surface area (Å²) in [6, 6.07) is 0. The molecule has 1 nitrogen and oxygen atoms in total. The number of allylic oxidation sites excluding steroid dienone is 3. The minimum absolute atomic E-state index is 0.637. The molecule has 0 bridgehead atoms. The average molecular weight is 144 g/mol. The topological polar surface area (TPSA) is 12.4 Å². The molecule has 0 aromatic heterocycles. The fourth-order valence-electron chi connectivity index (χ4n) is 0.246. The van der Waals surface area contributed by atoms with Crippen LogP contribution < -0.4 is 0 Å². The zero-order chi connectivity index (χ0) is 7.28. The van der Waals surface area contributed by atoms with Crippen LogP contribution in [0.3, 0.4) is 0 Å². The Morgan fingerprint density at radius 3 is 2.56 bits per heavy atom. The van der Waals surface area contributed by atoms with Crippen LogP contribution in [0.2, 0.25) is 0 Å². The first kappa shape index (κ1) is 8.44. The van der Waals surface area contributed by atoms with Gasteiger partial charge in [-0.2, -0.15) is 0 Å². The fraction of sp³-hybridized carbons (Fsp3) is 0.286. The summed E-state index contributed by atoms with van der Waals surface area (Å²) in [5.74, 6) is 0. The van der Waals surface area contributed by atoms with E-state index >= 15 is 0 Å². The van der Waals surface area contributed by atoms with Gasteiger partial charge < -0.3 is 0 Å². The van der Waals surface area contributed by atoms with Gasteiger partial charge in [-0.25, -0.2) is 0 Å². The Morgan fingerprint density at radius 1 is 1.67 bits per heavy atom. The van der Waals surface area contributed by atoms with E-state index in [9.17, 15) is 0 Å². The zero-order valence-electron chi connectivity index (χ0n) is 5.69. The van der Waals surface area contributed by atoms with E-state index in [4.69, 9.17) is 11.6 Å². The van der Waals surface area contributed by atoms with Crippen molar-refractivity contribution < 1.29 is 0 Å². The molecule has 0 aliphatic heterocycles. The van der Waals surface area contributed by atoms with E-state index in [0.717, 1.165) is 5.70 Å². The molecule has 0 aromatic rings. The molecule has 0 N–H and O–H groups in total.